The van der Waals surface area contributed by atoms with Crippen molar-refractivity contribution < 1.29 is 32.9 Å². The number of benzene rings is 2. The summed E-state index contributed by atoms with van der Waals surface area (Å²) in [6.45, 7) is 3.45. The van der Waals surface area contributed by atoms with Crippen molar-refractivity contribution in [3.8, 4) is 22.9 Å². The van der Waals surface area contributed by atoms with Gasteiger partial charge in [-0.25, -0.2) is 27.8 Å². The number of nitrogens with zero attached hydrogens (tertiary/aromatic N) is 7. The number of halogens is 3. The molecule has 0 spiro atoms. The number of hydrogen-bond donors (Lipinski definition) is 2. The molecule has 4 unspecified atom stereocenters. The maximum absolute atomic E-state index is 13.9. The maximum atomic E-state index is 13.9. The molecule has 3 aromatic heterocycles. The van der Waals surface area contributed by atoms with Crippen LogP contribution in [0.25, 0.3) is 27.0 Å². The zero-order valence-electron chi connectivity index (χ0n) is 22.5. The molecule has 2 N–H and O–H groups in total. The Morgan fingerprint density at radius 1 is 1.05 bits per heavy atom. The zero-order valence-corrected chi connectivity index (χ0v) is 23.3. The van der Waals surface area contributed by atoms with E-state index in [4.69, 9.17) is 9.47 Å². The van der Waals surface area contributed by atoms with Crippen LogP contribution in [0.3, 0.4) is 0 Å². The molecule has 5 heterocycles. The van der Waals surface area contributed by atoms with Crippen LogP contribution >= 0.6 is 11.3 Å². The quantitative estimate of drug-likeness (QED) is 0.293. The highest BCUT2D eigenvalue weighted by atomic mass is 32.1. The molecule has 0 saturated carbocycles. The lowest BCUT2D eigenvalue weighted by Crippen LogP contribution is -2.52. The molecule has 0 radical (unpaired) electrons. The third-order valence-electron chi connectivity index (χ3n) is 7.64. The lowest BCUT2D eigenvalue weighted by Gasteiger charge is -2.41. The second kappa shape index (κ2) is 10.2. The van der Waals surface area contributed by atoms with Crippen LogP contribution in [0.5, 0.6) is 0 Å². The SMILES string of the molecule is Cc1nc([C@@H]2OC3C(O)CO[C@@H]3C(n3cc(-c4cc(F)c(F)c(F)c4)cn3)C2O)n(-c2cc3sc(C)nc3cc2C#N)n1. The van der Waals surface area contributed by atoms with Crippen molar-refractivity contribution in [3.05, 3.63) is 76.3 Å². The van der Waals surface area contributed by atoms with Gasteiger partial charge < -0.3 is 19.7 Å². The molecule has 11 nitrogen and oxygen atoms in total. The van der Waals surface area contributed by atoms with Crippen molar-refractivity contribution >= 4 is 21.6 Å². The van der Waals surface area contributed by atoms with Gasteiger partial charge in [0.1, 0.15) is 48.5 Å². The highest BCUT2D eigenvalue weighted by Crippen LogP contribution is 2.43. The number of ether oxygens (including phenoxy) is 2. The van der Waals surface area contributed by atoms with Gasteiger partial charge in [-0.15, -0.1) is 11.3 Å². The van der Waals surface area contributed by atoms with E-state index < -0.39 is 54.0 Å². The Kier molecular flexibility index (Phi) is 6.56. The second-order valence-electron chi connectivity index (χ2n) is 10.4. The van der Waals surface area contributed by atoms with Crippen LogP contribution in [-0.4, -0.2) is 70.8 Å². The molecule has 220 valence electrons. The van der Waals surface area contributed by atoms with Crippen molar-refractivity contribution in [2.45, 2.75) is 50.4 Å². The molecule has 6 atom stereocenters. The van der Waals surface area contributed by atoms with Crippen molar-refractivity contribution in [2.75, 3.05) is 6.61 Å². The first-order valence-corrected chi connectivity index (χ1v) is 14.0. The van der Waals surface area contributed by atoms with Crippen LogP contribution in [-0.2, 0) is 9.47 Å². The Bertz CT molecular complexity index is 1910. The van der Waals surface area contributed by atoms with Gasteiger partial charge in [0, 0.05) is 11.8 Å². The van der Waals surface area contributed by atoms with Crippen LogP contribution in [0, 0.1) is 42.6 Å². The molecule has 2 aliphatic heterocycles. The lowest BCUT2D eigenvalue weighted by atomic mass is 9.91. The summed E-state index contributed by atoms with van der Waals surface area (Å²) in [5, 5.41) is 42.1. The van der Waals surface area contributed by atoms with Gasteiger partial charge in [0.25, 0.3) is 0 Å². The zero-order chi connectivity index (χ0) is 30.2. The standard InChI is InChI=1S/C28H22F3N7O4S/c1-11-34-28(38(36-11)19-6-21-18(5-14(19)7-32)35-12(2)43-21)27-24(40)23(26-25(42-27)20(39)10-41-26)37-9-15(8-33-37)13-3-16(29)22(31)17(30)4-13/h3-6,8-9,20,23-27,39-40H,10H2,1-2H3/t20?,23?,24?,25?,26-,27-/m1/s1. The van der Waals surface area contributed by atoms with Crippen LogP contribution in [0.4, 0.5) is 13.2 Å². The number of nitriles is 1. The summed E-state index contributed by atoms with van der Waals surface area (Å²) in [5.74, 6) is -3.76. The minimum Gasteiger partial charge on any atom is -0.388 e. The predicted molar refractivity (Wildman–Crippen MR) is 145 cm³/mol. The molecule has 0 aliphatic carbocycles. The van der Waals surface area contributed by atoms with Crippen LogP contribution in [0.1, 0.15) is 34.4 Å². The molecular formula is C28H22F3N7O4S. The van der Waals surface area contributed by atoms with Gasteiger partial charge in [-0.2, -0.15) is 15.5 Å². The normalized spacial score (nSPS) is 25.3. The summed E-state index contributed by atoms with van der Waals surface area (Å²) in [6, 6.07) is 6.36. The summed E-state index contributed by atoms with van der Waals surface area (Å²) in [7, 11) is 0. The number of fused-ring (bicyclic) bond motifs is 2. The summed E-state index contributed by atoms with van der Waals surface area (Å²) in [6.07, 6.45) is -2.56. The van der Waals surface area contributed by atoms with E-state index in [1.807, 2.05) is 6.92 Å². The van der Waals surface area contributed by atoms with Crippen molar-refractivity contribution in [2.24, 2.45) is 0 Å². The van der Waals surface area contributed by atoms with E-state index in [-0.39, 0.29) is 29.1 Å². The highest BCUT2D eigenvalue weighted by Gasteiger charge is 2.54. The van der Waals surface area contributed by atoms with Gasteiger partial charge in [-0.05, 0) is 43.7 Å². The number of aliphatic hydroxyl groups is 2. The smallest absolute Gasteiger partial charge is 0.194 e. The molecular weight excluding hydrogens is 587 g/mol. The first-order chi connectivity index (χ1) is 20.6. The number of aryl methyl sites for hydroxylation is 2. The third kappa shape index (κ3) is 4.50. The molecule has 43 heavy (non-hydrogen) atoms. The van der Waals surface area contributed by atoms with Gasteiger partial charge in [-0.3, -0.25) is 4.68 Å². The molecule has 7 rings (SSSR count). The van der Waals surface area contributed by atoms with E-state index in [0.29, 0.717) is 17.0 Å². The third-order valence-corrected chi connectivity index (χ3v) is 8.57. The number of rotatable bonds is 4. The Hall–Kier alpha value is -4.20. The molecule has 0 bridgehead atoms. The average molecular weight is 610 g/mol. The van der Waals surface area contributed by atoms with E-state index in [0.717, 1.165) is 21.8 Å². The van der Waals surface area contributed by atoms with E-state index in [1.165, 1.54) is 33.1 Å². The Morgan fingerprint density at radius 3 is 2.56 bits per heavy atom. The summed E-state index contributed by atoms with van der Waals surface area (Å²) in [4.78, 5) is 9.00. The minimum atomic E-state index is -1.58. The molecule has 2 aliphatic rings. The monoisotopic (exact) mass is 609 g/mol. The van der Waals surface area contributed by atoms with E-state index in [2.05, 4.69) is 26.2 Å². The summed E-state index contributed by atoms with van der Waals surface area (Å²) >= 11 is 1.45. The molecule has 0 amide bonds. The predicted octanol–water partition coefficient (Wildman–Crippen LogP) is 3.45. The van der Waals surface area contributed by atoms with E-state index in [9.17, 15) is 28.6 Å². The largest absolute Gasteiger partial charge is 0.388 e. The van der Waals surface area contributed by atoms with Crippen molar-refractivity contribution in [1.82, 2.24) is 29.5 Å². The van der Waals surface area contributed by atoms with Crippen molar-refractivity contribution in [1.29, 1.82) is 5.26 Å². The van der Waals surface area contributed by atoms with Gasteiger partial charge >= 0.3 is 0 Å². The van der Waals surface area contributed by atoms with Crippen LogP contribution in [0.15, 0.2) is 36.7 Å². The maximum Gasteiger partial charge on any atom is 0.194 e. The fourth-order valence-corrected chi connectivity index (χ4v) is 6.57. The Balaban J connectivity index is 1.31. The van der Waals surface area contributed by atoms with Gasteiger partial charge in [0.15, 0.2) is 23.3 Å². The van der Waals surface area contributed by atoms with Crippen LogP contribution < -0.4 is 0 Å². The van der Waals surface area contributed by atoms with Crippen LogP contribution in [0.2, 0.25) is 0 Å². The topological polar surface area (TPSA) is 144 Å². The lowest BCUT2D eigenvalue weighted by molar-refractivity contribution is -0.196. The fourth-order valence-electron chi connectivity index (χ4n) is 5.73. The van der Waals surface area contributed by atoms with E-state index in [1.54, 1.807) is 19.1 Å². The average Bonchev–Trinajstić information content (AvgIpc) is 3.76. The summed E-state index contributed by atoms with van der Waals surface area (Å²) in [5.41, 5.74) is 1.66. The second-order valence-corrected chi connectivity index (χ2v) is 11.7. The van der Waals surface area contributed by atoms with Gasteiger partial charge in [0.05, 0.1) is 39.3 Å². The highest BCUT2D eigenvalue weighted by molar-refractivity contribution is 7.18. The molecule has 2 saturated heterocycles. The Labute approximate surface area is 245 Å². The van der Waals surface area contributed by atoms with Gasteiger partial charge in [-0.1, -0.05) is 0 Å². The van der Waals surface area contributed by atoms with Gasteiger partial charge in [0.2, 0.25) is 0 Å². The molecule has 5 aromatic rings. The molecule has 2 fully saturated rings. The fraction of sp³-hybridized carbons (Fsp3) is 0.321. The van der Waals surface area contributed by atoms with E-state index >= 15 is 0 Å². The first kappa shape index (κ1) is 27.6. The summed E-state index contributed by atoms with van der Waals surface area (Å²) < 4.78 is 57.1. The minimum absolute atomic E-state index is 0.0396. The number of aliphatic hydroxyl groups excluding tert-OH is 2. The molecule has 2 aromatic carbocycles. The number of aromatic nitrogens is 6. The first-order valence-electron chi connectivity index (χ1n) is 13.2. The number of thiazole rings is 1. The molecule has 15 heteroatoms. The van der Waals surface area contributed by atoms with Crippen molar-refractivity contribution in [3.63, 3.8) is 0 Å². The number of hydrogen-bond acceptors (Lipinski definition) is 10. The Morgan fingerprint density at radius 2 is 1.81 bits per heavy atom.